The number of carbonyl (C=O) groups excluding carboxylic acids is 1. The Balaban J connectivity index is 2.18. The summed E-state index contributed by atoms with van der Waals surface area (Å²) in [4.78, 5) is 12.9. The van der Waals surface area contributed by atoms with E-state index in [1.54, 1.807) is 6.07 Å². The molecular weight excluding hydrogens is 233 g/mol. The molecule has 0 spiro atoms. The lowest BCUT2D eigenvalue weighted by molar-refractivity contribution is 0.112. The van der Waals surface area contributed by atoms with Crippen molar-refractivity contribution >= 4 is 12.0 Å². The number of rotatable bonds is 5. The van der Waals surface area contributed by atoms with E-state index in [4.69, 9.17) is 5.11 Å². The molecule has 1 aromatic carbocycles. The molecule has 1 fully saturated rings. The van der Waals surface area contributed by atoms with Crippen molar-refractivity contribution in [1.29, 1.82) is 0 Å². The van der Waals surface area contributed by atoms with Gasteiger partial charge in [-0.05, 0) is 43.9 Å². The van der Waals surface area contributed by atoms with E-state index >= 15 is 0 Å². The Labute approximate surface area is 106 Å². The highest BCUT2D eigenvalue weighted by molar-refractivity contribution is 5.77. The Morgan fingerprint density at radius 2 is 2.28 bits per heavy atom. The molecule has 0 bridgehead atoms. The third-order valence-corrected chi connectivity index (χ3v) is 3.45. The van der Waals surface area contributed by atoms with Gasteiger partial charge < -0.3 is 10.0 Å². The van der Waals surface area contributed by atoms with Gasteiger partial charge in [0.15, 0.2) is 0 Å². The topological polar surface area (TPSA) is 40.5 Å². The number of nitrogens with zero attached hydrogens (tertiary/aromatic N) is 1. The molecule has 4 heteroatoms. The van der Waals surface area contributed by atoms with Crippen LogP contribution in [0, 0.1) is 5.82 Å². The number of hydrogen-bond acceptors (Lipinski definition) is 3. The quantitative estimate of drug-likeness (QED) is 0.817. The average Bonchev–Trinajstić information content (AvgIpc) is 2.83. The van der Waals surface area contributed by atoms with Crippen molar-refractivity contribution in [3.05, 3.63) is 29.6 Å². The van der Waals surface area contributed by atoms with E-state index in [1.165, 1.54) is 12.1 Å². The first-order valence-electron chi connectivity index (χ1n) is 6.38. The molecule has 0 amide bonds. The fourth-order valence-corrected chi connectivity index (χ4v) is 2.63. The van der Waals surface area contributed by atoms with Crippen LogP contribution in [0.25, 0.3) is 0 Å². The summed E-state index contributed by atoms with van der Waals surface area (Å²) < 4.78 is 13.4. The number of carbonyl (C=O) groups is 1. The molecule has 1 aromatic rings. The van der Waals surface area contributed by atoms with Crippen LogP contribution in [0.1, 0.15) is 36.0 Å². The highest BCUT2D eigenvalue weighted by atomic mass is 19.1. The van der Waals surface area contributed by atoms with Gasteiger partial charge in [-0.25, -0.2) is 4.39 Å². The lowest BCUT2D eigenvalue weighted by Gasteiger charge is -2.27. The summed E-state index contributed by atoms with van der Waals surface area (Å²) in [5.41, 5.74) is 1.15. The van der Waals surface area contributed by atoms with Crippen LogP contribution in [-0.2, 0) is 0 Å². The summed E-state index contributed by atoms with van der Waals surface area (Å²) in [7, 11) is 0. The molecule has 2 rings (SSSR count). The van der Waals surface area contributed by atoms with E-state index in [0.29, 0.717) is 17.9 Å². The second kappa shape index (κ2) is 5.96. The monoisotopic (exact) mass is 251 g/mol. The first-order valence-corrected chi connectivity index (χ1v) is 6.38. The predicted molar refractivity (Wildman–Crippen MR) is 68.5 cm³/mol. The highest BCUT2D eigenvalue weighted by Gasteiger charge is 2.24. The molecule has 1 atom stereocenters. The van der Waals surface area contributed by atoms with Crippen LogP contribution in [0.4, 0.5) is 10.1 Å². The zero-order valence-corrected chi connectivity index (χ0v) is 10.3. The number of halogens is 1. The standard InChI is InChI=1S/C14H18FNO2/c15-12-7-11(10-18)8-14(9-12)16-5-1-3-13(16)4-2-6-17/h7-10,13,17H,1-6H2. The fraction of sp³-hybridized carbons (Fsp3) is 0.500. The Bertz CT molecular complexity index is 422. The normalized spacial score (nSPS) is 19.2. The summed E-state index contributed by atoms with van der Waals surface area (Å²) in [5, 5.41) is 8.88. The minimum atomic E-state index is -0.373. The van der Waals surface area contributed by atoms with Gasteiger partial charge in [0.25, 0.3) is 0 Å². The molecule has 1 aliphatic rings. The van der Waals surface area contributed by atoms with E-state index in [1.807, 2.05) is 0 Å². The number of aldehydes is 1. The predicted octanol–water partition coefficient (Wildman–Crippen LogP) is 2.38. The van der Waals surface area contributed by atoms with Crippen molar-refractivity contribution in [2.45, 2.75) is 31.7 Å². The lowest BCUT2D eigenvalue weighted by atomic mass is 10.1. The van der Waals surface area contributed by atoms with Crippen molar-refractivity contribution < 1.29 is 14.3 Å². The number of anilines is 1. The van der Waals surface area contributed by atoms with Gasteiger partial charge in [0, 0.05) is 30.4 Å². The van der Waals surface area contributed by atoms with Crippen molar-refractivity contribution in [1.82, 2.24) is 0 Å². The third kappa shape index (κ3) is 2.88. The molecule has 1 unspecified atom stereocenters. The summed E-state index contributed by atoms with van der Waals surface area (Å²) in [6, 6.07) is 4.80. The average molecular weight is 251 g/mol. The molecule has 1 aliphatic heterocycles. The second-order valence-corrected chi connectivity index (χ2v) is 4.72. The van der Waals surface area contributed by atoms with Crippen LogP contribution < -0.4 is 4.90 Å². The van der Waals surface area contributed by atoms with Gasteiger partial charge in [0.05, 0.1) is 0 Å². The maximum absolute atomic E-state index is 13.4. The first-order chi connectivity index (χ1) is 8.74. The molecule has 18 heavy (non-hydrogen) atoms. The van der Waals surface area contributed by atoms with Gasteiger partial charge in [-0.3, -0.25) is 4.79 Å². The van der Waals surface area contributed by atoms with Crippen molar-refractivity contribution in [3.63, 3.8) is 0 Å². The number of aliphatic hydroxyl groups excluding tert-OH is 1. The van der Waals surface area contributed by atoms with Gasteiger partial charge in [0.2, 0.25) is 0 Å². The minimum Gasteiger partial charge on any atom is -0.396 e. The van der Waals surface area contributed by atoms with Crippen LogP contribution in [0.3, 0.4) is 0 Å². The number of benzene rings is 1. The van der Waals surface area contributed by atoms with Gasteiger partial charge >= 0.3 is 0 Å². The van der Waals surface area contributed by atoms with Crippen molar-refractivity contribution in [2.75, 3.05) is 18.1 Å². The number of hydrogen-bond donors (Lipinski definition) is 1. The van der Waals surface area contributed by atoms with E-state index in [9.17, 15) is 9.18 Å². The third-order valence-electron chi connectivity index (χ3n) is 3.45. The zero-order chi connectivity index (χ0) is 13.0. The largest absolute Gasteiger partial charge is 0.396 e. The molecule has 3 nitrogen and oxygen atoms in total. The summed E-state index contributed by atoms with van der Waals surface area (Å²) in [6.45, 7) is 1.07. The summed E-state index contributed by atoms with van der Waals surface area (Å²) >= 11 is 0. The van der Waals surface area contributed by atoms with E-state index in [2.05, 4.69) is 4.90 Å². The first kappa shape index (κ1) is 13.0. The van der Waals surface area contributed by atoms with E-state index in [-0.39, 0.29) is 12.4 Å². The van der Waals surface area contributed by atoms with E-state index in [0.717, 1.165) is 37.9 Å². The second-order valence-electron chi connectivity index (χ2n) is 4.72. The van der Waals surface area contributed by atoms with Crippen LogP contribution in [-0.4, -0.2) is 30.6 Å². The molecule has 0 saturated carbocycles. The summed E-state index contributed by atoms with van der Waals surface area (Å²) in [5.74, 6) is -0.373. The van der Waals surface area contributed by atoms with Crippen molar-refractivity contribution in [3.8, 4) is 0 Å². The van der Waals surface area contributed by atoms with Gasteiger partial charge in [-0.15, -0.1) is 0 Å². The maximum Gasteiger partial charge on any atom is 0.150 e. The smallest absolute Gasteiger partial charge is 0.150 e. The minimum absolute atomic E-state index is 0.188. The van der Waals surface area contributed by atoms with Gasteiger partial charge in [0.1, 0.15) is 12.1 Å². The maximum atomic E-state index is 13.4. The Hall–Kier alpha value is -1.42. The molecule has 1 saturated heterocycles. The van der Waals surface area contributed by atoms with Crippen LogP contribution in [0.5, 0.6) is 0 Å². The van der Waals surface area contributed by atoms with Gasteiger partial charge in [-0.1, -0.05) is 0 Å². The Morgan fingerprint density at radius 3 is 3.00 bits per heavy atom. The highest BCUT2D eigenvalue weighted by Crippen LogP contribution is 2.29. The zero-order valence-electron chi connectivity index (χ0n) is 10.3. The molecule has 0 aromatic heterocycles. The lowest BCUT2D eigenvalue weighted by Crippen LogP contribution is -2.29. The van der Waals surface area contributed by atoms with Crippen LogP contribution in [0.2, 0.25) is 0 Å². The SMILES string of the molecule is O=Cc1cc(F)cc(N2CCCC2CCCO)c1. The number of aliphatic hydroxyl groups is 1. The molecule has 1 heterocycles. The summed E-state index contributed by atoms with van der Waals surface area (Å²) in [6.07, 6.45) is 4.47. The van der Waals surface area contributed by atoms with Gasteiger partial charge in [-0.2, -0.15) is 0 Å². The molecule has 0 radical (unpaired) electrons. The Kier molecular flexibility index (Phi) is 4.31. The van der Waals surface area contributed by atoms with Crippen LogP contribution in [0.15, 0.2) is 18.2 Å². The fourth-order valence-electron chi connectivity index (χ4n) is 2.63. The molecule has 98 valence electrons. The molecular formula is C14H18FNO2. The molecule has 1 N–H and O–H groups in total. The molecule has 0 aliphatic carbocycles. The van der Waals surface area contributed by atoms with Crippen molar-refractivity contribution in [2.24, 2.45) is 0 Å². The van der Waals surface area contributed by atoms with E-state index < -0.39 is 0 Å². The Morgan fingerprint density at radius 1 is 1.44 bits per heavy atom. The van der Waals surface area contributed by atoms with Crippen LogP contribution >= 0.6 is 0 Å².